The maximum absolute atomic E-state index is 13.9. The molecule has 0 radical (unpaired) electrons. The fraction of sp³-hybridized carbons (Fsp3) is 0.0345. The Hall–Kier alpha value is -3.58. The van der Waals surface area contributed by atoms with Gasteiger partial charge in [0.2, 0.25) is 0 Å². The standard InChI is InChI=1S/C29H21Cl2FN2O2S/c30-24-10-6-11-25(31)23(24)17-27(34-28(35)19-7-2-1-3-8-19)29(36)33-21-13-15-22(16-14-21)37-18-20-9-4-5-12-26(20)32/h1-17H,18H2,(H,33,36)(H,34,35)/b27-17-. The number of benzene rings is 4. The molecular weight excluding hydrogens is 530 g/mol. The van der Waals surface area contributed by atoms with Crippen LogP contribution in [0.1, 0.15) is 21.5 Å². The van der Waals surface area contributed by atoms with Crippen molar-refractivity contribution in [1.29, 1.82) is 0 Å². The Morgan fingerprint density at radius 2 is 1.46 bits per heavy atom. The van der Waals surface area contributed by atoms with Crippen molar-refractivity contribution in [2.24, 2.45) is 0 Å². The second-order valence-corrected chi connectivity index (χ2v) is 9.74. The number of carbonyl (C=O) groups is 2. The quantitative estimate of drug-likeness (QED) is 0.173. The third-order valence-corrected chi connectivity index (χ3v) is 7.00. The molecule has 0 bridgehead atoms. The van der Waals surface area contributed by atoms with Crippen LogP contribution in [-0.4, -0.2) is 11.8 Å². The second-order valence-electron chi connectivity index (χ2n) is 7.87. The van der Waals surface area contributed by atoms with Crippen molar-refractivity contribution in [3.63, 3.8) is 0 Å². The molecule has 0 aromatic heterocycles. The van der Waals surface area contributed by atoms with Crippen LogP contribution in [0.4, 0.5) is 10.1 Å². The van der Waals surface area contributed by atoms with E-state index in [0.29, 0.717) is 38.2 Å². The van der Waals surface area contributed by atoms with Crippen molar-refractivity contribution < 1.29 is 14.0 Å². The van der Waals surface area contributed by atoms with Crippen LogP contribution in [0, 0.1) is 5.82 Å². The molecule has 4 rings (SSSR count). The van der Waals surface area contributed by atoms with Gasteiger partial charge in [0.1, 0.15) is 11.5 Å². The van der Waals surface area contributed by atoms with Gasteiger partial charge in [-0.3, -0.25) is 9.59 Å². The van der Waals surface area contributed by atoms with Crippen LogP contribution < -0.4 is 10.6 Å². The van der Waals surface area contributed by atoms with Crippen LogP contribution in [0.3, 0.4) is 0 Å². The van der Waals surface area contributed by atoms with Gasteiger partial charge < -0.3 is 10.6 Å². The summed E-state index contributed by atoms with van der Waals surface area (Å²) in [5.41, 5.74) is 1.91. The number of thioether (sulfide) groups is 1. The van der Waals surface area contributed by atoms with Gasteiger partial charge in [-0.25, -0.2) is 4.39 Å². The van der Waals surface area contributed by atoms with Gasteiger partial charge in [0, 0.05) is 37.5 Å². The molecule has 0 atom stereocenters. The van der Waals surface area contributed by atoms with Gasteiger partial charge in [-0.15, -0.1) is 11.8 Å². The Labute approximate surface area is 228 Å². The molecule has 4 nitrogen and oxygen atoms in total. The van der Waals surface area contributed by atoms with Gasteiger partial charge in [-0.05, 0) is 66.2 Å². The summed E-state index contributed by atoms with van der Waals surface area (Å²) in [6.45, 7) is 0. The van der Waals surface area contributed by atoms with Crippen LogP contribution in [-0.2, 0) is 10.5 Å². The van der Waals surface area contributed by atoms with Crippen molar-refractivity contribution in [2.45, 2.75) is 10.6 Å². The molecule has 0 spiro atoms. The molecule has 0 aliphatic carbocycles. The largest absolute Gasteiger partial charge is 0.321 e. The van der Waals surface area contributed by atoms with Gasteiger partial charge >= 0.3 is 0 Å². The molecule has 0 aliphatic rings. The maximum atomic E-state index is 13.9. The summed E-state index contributed by atoms with van der Waals surface area (Å²) >= 11 is 14.1. The average molecular weight is 551 g/mol. The maximum Gasteiger partial charge on any atom is 0.272 e. The second kappa shape index (κ2) is 12.6. The first-order valence-electron chi connectivity index (χ1n) is 11.2. The van der Waals surface area contributed by atoms with Gasteiger partial charge in [-0.1, -0.05) is 65.7 Å². The number of rotatable bonds is 8. The van der Waals surface area contributed by atoms with Crippen LogP contribution in [0.15, 0.2) is 108 Å². The fourth-order valence-corrected chi connectivity index (χ4v) is 4.74. The van der Waals surface area contributed by atoms with Crippen molar-refractivity contribution in [3.8, 4) is 0 Å². The van der Waals surface area contributed by atoms with Crippen LogP contribution in [0.2, 0.25) is 10.0 Å². The van der Waals surface area contributed by atoms with Gasteiger partial charge in [0.15, 0.2) is 0 Å². The molecule has 37 heavy (non-hydrogen) atoms. The van der Waals surface area contributed by atoms with Crippen molar-refractivity contribution in [3.05, 3.63) is 135 Å². The molecule has 186 valence electrons. The van der Waals surface area contributed by atoms with E-state index in [1.54, 1.807) is 78.9 Å². The molecule has 0 saturated carbocycles. The lowest BCUT2D eigenvalue weighted by atomic mass is 10.1. The van der Waals surface area contributed by atoms with Gasteiger partial charge in [0.05, 0.1) is 0 Å². The van der Waals surface area contributed by atoms with Gasteiger partial charge in [-0.2, -0.15) is 0 Å². The van der Waals surface area contributed by atoms with E-state index in [0.717, 1.165) is 4.90 Å². The smallest absolute Gasteiger partial charge is 0.272 e. The van der Waals surface area contributed by atoms with E-state index in [-0.39, 0.29) is 11.5 Å². The van der Waals surface area contributed by atoms with Crippen LogP contribution in [0.25, 0.3) is 6.08 Å². The SMILES string of the molecule is O=C(Nc1ccc(SCc2ccccc2F)cc1)/C(=C/c1c(Cl)cccc1Cl)NC(=O)c1ccccc1. The third kappa shape index (κ3) is 7.23. The number of hydrogen-bond donors (Lipinski definition) is 2. The lowest BCUT2D eigenvalue weighted by Gasteiger charge is -2.13. The monoisotopic (exact) mass is 550 g/mol. The van der Waals surface area contributed by atoms with E-state index >= 15 is 0 Å². The highest BCUT2D eigenvalue weighted by Gasteiger charge is 2.17. The van der Waals surface area contributed by atoms with E-state index in [1.807, 2.05) is 12.1 Å². The highest BCUT2D eigenvalue weighted by atomic mass is 35.5. The molecule has 0 aliphatic heterocycles. The molecule has 2 amide bonds. The lowest BCUT2D eigenvalue weighted by Crippen LogP contribution is -2.30. The number of hydrogen-bond acceptors (Lipinski definition) is 3. The van der Waals surface area contributed by atoms with E-state index in [2.05, 4.69) is 10.6 Å². The highest BCUT2D eigenvalue weighted by molar-refractivity contribution is 7.98. The Morgan fingerprint density at radius 1 is 0.811 bits per heavy atom. The minimum Gasteiger partial charge on any atom is -0.321 e. The Bertz CT molecular complexity index is 1420. The summed E-state index contributed by atoms with van der Waals surface area (Å²) < 4.78 is 13.9. The number of nitrogens with one attached hydrogen (secondary N) is 2. The summed E-state index contributed by atoms with van der Waals surface area (Å²) in [5, 5.41) is 6.13. The predicted molar refractivity (Wildman–Crippen MR) is 149 cm³/mol. The Balaban J connectivity index is 1.51. The first-order valence-corrected chi connectivity index (χ1v) is 12.9. The normalized spacial score (nSPS) is 11.2. The topological polar surface area (TPSA) is 58.2 Å². The Morgan fingerprint density at radius 3 is 2.14 bits per heavy atom. The molecule has 4 aromatic rings. The molecular formula is C29H21Cl2FN2O2S. The number of anilines is 1. The molecule has 8 heteroatoms. The molecule has 2 N–H and O–H groups in total. The molecule has 4 aromatic carbocycles. The fourth-order valence-electron chi connectivity index (χ4n) is 3.34. The Kier molecular flexibility index (Phi) is 9.01. The zero-order valence-electron chi connectivity index (χ0n) is 19.4. The average Bonchev–Trinajstić information content (AvgIpc) is 2.91. The zero-order chi connectivity index (χ0) is 26.2. The van der Waals surface area contributed by atoms with Crippen molar-refractivity contribution in [1.82, 2.24) is 5.32 Å². The van der Waals surface area contributed by atoms with Crippen molar-refractivity contribution in [2.75, 3.05) is 5.32 Å². The summed E-state index contributed by atoms with van der Waals surface area (Å²) in [6.07, 6.45) is 1.44. The van der Waals surface area contributed by atoms with E-state index < -0.39 is 11.8 Å². The molecule has 0 saturated heterocycles. The first-order chi connectivity index (χ1) is 17.9. The number of carbonyl (C=O) groups excluding carboxylic acids is 2. The number of amides is 2. The molecule has 0 heterocycles. The molecule has 0 unspecified atom stereocenters. The highest BCUT2D eigenvalue weighted by Crippen LogP contribution is 2.28. The summed E-state index contributed by atoms with van der Waals surface area (Å²) in [6, 6.07) is 27.3. The zero-order valence-corrected chi connectivity index (χ0v) is 21.7. The summed E-state index contributed by atoms with van der Waals surface area (Å²) in [5.74, 6) is -0.762. The van der Waals surface area contributed by atoms with E-state index in [9.17, 15) is 14.0 Å². The van der Waals surface area contributed by atoms with Crippen LogP contribution in [0.5, 0.6) is 0 Å². The van der Waals surface area contributed by atoms with E-state index in [1.165, 1.54) is 23.9 Å². The lowest BCUT2D eigenvalue weighted by molar-refractivity contribution is -0.113. The number of halogens is 3. The summed E-state index contributed by atoms with van der Waals surface area (Å²) in [7, 11) is 0. The minimum absolute atomic E-state index is 0.0261. The van der Waals surface area contributed by atoms with E-state index in [4.69, 9.17) is 23.2 Å². The summed E-state index contributed by atoms with van der Waals surface area (Å²) in [4.78, 5) is 26.9. The first kappa shape index (κ1) is 26.5. The van der Waals surface area contributed by atoms with Gasteiger partial charge in [0.25, 0.3) is 11.8 Å². The van der Waals surface area contributed by atoms with Crippen molar-refractivity contribution >= 4 is 58.5 Å². The molecule has 0 fully saturated rings. The minimum atomic E-state index is -0.549. The van der Waals surface area contributed by atoms with Crippen LogP contribution >= 0.6 is 35.0 Å². The predicted octanol–water partition coefficient (Wildman–Crippen LogP) is 7.83. The third-order valence-electron chi connectivity index (χ3n) is 5.28.